The molecule has 0 bridgehead atoms. The number of carbonyl (C=O) groups is 1. The van der Waals surface area contributed by atoms with Crippen LogP contribution >= 0.6 is 11.3 Å². The van der Waals surface area contributed by atoms with Crippen molar-refractivity contribution < 1.29 is 9.90 Å². The Kier molecular flexibility index (Phi) is 4.29. The molecular weight excluding hydrogens is 162 g/mol. The van der Waals surface area contributed by atoms with Crippen LogP contribution in [0.4, 0.5) is 4.79 Å². The first-order chi connectivity index (χ1) is 5.02. The van der Waals surface area contributed by atoms with E-state index in [1.54, 1.807) is 11.3 Å². The van der Waals surface area contributed by atoms with Gasteiger partial charge in [-0.2, -0.15) is 0 Å². The summed E-state index contributed by atoms with van der Waals surface area (Å²) < 4.78 is 0. The lowest BCUT2D eigenvalue weighted by molar-refractivity contribution is 0.205. The number of hydrogen-bond donors (Lipinski definition) is 2. The summed E-state index contributed by atoms with van der Waals surface area (Å²) in [4.78, 5) is 10.2. The molecule has 1 heterocycles. The van der Waals surface area contributed by atoms with Gasteiger partial charge in [0.25, 0.3) is 0 Å². The van der Waals surface area contributed by atoms with Crippen LogP contribution in [0.3, 0.4) is 0 Å². The highest BCUT2D eigenvalue weighted by Crippen LogP contribution is 2.10. The van der Waals surface area contributed by atoms with Gasteiger partial charge >= 0.3 is 6.09 Å². The topological polar surface area (TPSA) is 63.3 Å². The van der Waals surface area contributed by atoms with Gasteiger partial charge in [0.2, 0.25) is 0 Å². The molecule has 0 aliphatic carbocycles. The Morgan fingerprint density at radius 3 is 2.18 bits per heavy atom. The first kappa shape index (κ1) is 9.97. The van der Waals surface area contributed by atoms with E-state index in [9.17, 15) is 0 Å². The first-order valence-electron chi connectivity index (χ1n) is 3.02. The SMILES string of the molecule is Cc1csc(C)c1.NC(=O)O. The zero-order chi connectivity index (χ0) is 8.85. The molecular formula is C7H11NO2S. The molecule has 0 radical (unpaired) electrons. The number of rotatable bonds is 0. The van der Waals surface area contributed by atoms with Crippen LogP contribution in [0.25, 0.3) is 0 Å². The second-order valence-electron chi connectivity index (χ2n) is 2.07. The van der Waals surface area contributed by atoms with Gasteiger partial charge in [-0.15, -0.1) is 11.3 Å². The van der Waals surface area contributed by atoms with Crippen LogP contribution in [0, 0.1) is 13.8 Å². The van der Waals surface area contributed by atoms with Crippen LogP contribution < -0.4 is 5.73 Å². The van der Waals surface area contributed by atoms with Gasteiger partial charge < -0.3 is 10.8 Å². The van der Waals surface area contributed by atoms with Crippen LogP contribution in [0.5, 0.6) is 0 Å². The smallest absolute Gasteiger partial charge is 0.402 e. The molecule has 0 aliphatic heterocycles. The molecule has 0 aliphatic rings. The summed E-state index contributed by atoms with van der Waals surface area (Å²) in [5.41, 5.74) is 5.41. The molecule has 3 nitrogen and oxygen atoms in total. The van der Waals surface area contributed by atoms with Crippen molar-refractivity contribution in [3.05, 3.63) is 21.9 Å². The Balaban J connectivity index is 0.000000218. The molecule has 1 aromatic heterocycles. The molecule has 0 spiro atoms. The Morgan fingerprint density at radius 2 is 2.09 bits per heavy atom. The minimum atomic E-state index is -1.33. The number of aryl methyl sites for hydroxylation is 2. The average molecular weight is 173 g/mol. The van der Waals surface area contributed by atoms with E-state index in [4.69, 9.17) is 9.90 Å². The normalized spacial score (nSPS) is 8.18. The quantitative estimate of drug-likeness (QED) is 0.630. The molecule has 0 aromatic carbocycles. The minimum absolute atomic E-state index is 1.33. The molecule has 1 amide bonds. The Morgan fingerprint density at radius 1 is 1.64 bits per heavy atom. The highest BCUT2D eigenvalue weighted by molar-refractivity contribution is 7.10. The molecule has 0 saturated heterocycles. The van der Waals surface area contributed by atoms with Crippen LogP contribution in [-0.2, 0) is 0 Å². The fourth-order valence-electron chi connectivity index (χ4n) is 0.575. The summed E-state index contributed by atoms with van der Waals surface area (Å²) in [6, 6.07) is 2.19. The second kappa shape index (κ2) is 4.73. The highest BCUT2D eigenvalue weighted by atomic mass is 32.1. The third-order valence-corrected chi connectivity index (χ3v) is 1.84. The Bertz CT molecular complexity index is 212. The summed E-state index contributed by atoms with van der Waals surface area (Å²) >= 11 is 1.80. The zero-order valence-corrected chi connectivity index (χ0v) is 7.31. The maximum Gasteiger partial charge on any atom is 0.402 e. The van der Waals surface area contributed by atoms with Crippen molar-refractivity contribution in [2.75, 3.05) is 0 Å². The standard InChI is InChI=1S/C6H8S.CH3NO2/c1-5-3-6(2)7-4-5;2-1(3)4/h3-4H,1-2H3;2H2,(H,3,4). The third kappa shape index (κ3) is 6.86. The Labute approximate surface area is 69.5 Å². The zero-order valence-electron chi connectivity index (χ0n) is 6.50. The minimum Gasteiger partial charge on any atom is -0.465 e. The van der Waals surface area contributed by atoms with Crippen LogP contribution in [-0.4, -0.2) is 11.2 Å². The third-order valence-electron chi connectivity index (χ3n) is 0.862. The second-order valence-corrected chi connectivity index (χ2v) is 3.19. The van der Waals surface area contributed by atoms with Crippen molar-refractivity contribution in [1.29, 1.82) is 0 Å². The largest absolute Gasteiger partial charge is 0.465 e. The molecule has 4 heteroatoms. The van der Waals surface area contributed by atoms with Crippen LogP contribution in [0.1, 0.15) is 10.4 Å². The van der Waals surface area contributed by atoms with Crippen molar-refractivity contribution in [1.82, 2.24) is 0 Å². The lowest BCUT2D eigenvalue weighted by Gasteiger charge is -1.70. The number of carboxylic acid groups (broad SMARTS) is 1. The van der Waals surface area contributed by atoms with Crippen molar-refractivity contribution in [2.24, 2.45) is 5.73 Å². The number of thiophene rings is 1. The molecule has 0 atom stereocenters. The predicted octanol–water partition coefficient (Wildman–Crippen LogP) is 1.99. The molecule has 62 valence electrons. The molecule has 11 heavy (non-hydrogen) atoms. The van der Waals surface area contributed by atoms with Crippen molar-refractivity contribution in [3.63, 3.8) is 0 Å². The van der Waals surface area contributed by atoms with Gasteiger partial charge in [0.05, 0.1) is 0 Å². The van der Waals surface area contributed by atoms with Gasteiger partial charge in [-0.3, -0.25) is 0 Å². The lowest BCUT2D eigenvalue weighted by atomic mass is 10.4. The number of hydrogen-bond acceptors (Lipinski definition) is 2. The lowest BCUT2D eigenvalue weighted by Crippen LogP contribution is -2.03. The average Bonchev–Trinajstić information content (AvgIpc) is 2.13. The molecule has 0 fully saturated rings. The van der Waals surface area contributed by atoms with E-state index in [2.05, 4.69) is 31.0 Å². The summed E-state index contributed by atoms with van der Waals surface area (Å²) in [6.45, 7) is 4.24. The predicted molar refractivity (Wildman–Crippen MR) is 46.0 cm³/mol. The van der Waals surface area contributed by atoms with Gasteiger partial charge in [0, 0.05) is 4.88 Å². The maximum atomic E-state index is 8.78. The maximum absolute atomic E-state index is 8.78. The van der Waals surface area contributed by atoms with E-state index in [1.165, 1.54) is 10.4 Å². The van der Waals surface area contributed by atoms with Crippen molar-refractivity contribution in [2.45, 2.75) is 13.8 Å². The summed E-state index contributed by atoms with van der Waals surface area (Å²) in [5, 5.41) is 9.36. The van der Waals surface area contributed by atoms with Crippen molar-refractivity contribution >= 4 is 17.4 Å². The summed E-state index contributed by atoms with van der Waals surface area (Å²) in [5.74, 6) is 0. The number of nitrogens with two attached hydrogens (primary N) is 1. The van der Waals surface area contributed by atoms with Crippen molar-refractivity contribution in [3.8, 4) is 0 Å². The highest BCUT2D eigenvalue weighted by Gasteiger charge is 1.84. The molecule has 3 N–H and O–H groups in total. The summed E-state index contributed by atoms with van der Waals surface area (Å²) in [7, 11) is 0. The first-order valence-corrected chi connectivity index (χ1v) is 3.90. The van der Waals surface area contributed by atoms with Gasteiger partial charge in [-0.05, 0) is 30.9 Å². The summed E-state index contributed by atoms with van der Waals surface area (Å²) in [6.07, 6.45) is -1.33. The van der Waals surface area contributed by atoms with E-state index >= 15 is 0 Å². The monoisotopic (exact) mass is 173 g/mol. The molecule has 0 unspecified atom stereocenters. The molecule has 1 aromatic rings. The number of amides is 1. The van der Waals surface area contributed by atoms with E-state index in [0.717, 1.165) is 0 Å². The van der Waals surface area contributed by atoms with Gasteiger partial charge in [-0.25, -0.2) is 4.79 Å². The van der Waals surface area contributed by atoms with E-state index < -0.39 is 6.09 Å². The van der Waals surface area contributed by atoms with Crippen LogP contribution in [0.15, 0.2) is 11.4 Å². The van der Waals surface area contributed by atoms with E-state index in [-0.39, 0.29) is 0 Å². The van der Waals surface area contributed by atoms with E-state index in [1.807, 2.05) is 0 Å². The van der Waals surface area contributed by atoms with Gasteiger partial charge in [0.15, 0.2) is 0 Å². The van der Waals surface area contributed by atoms with E-state index in [0.29, 0.717) is 0 Å². The molecule has 0 saturated carbocycles. The van der Waals surface area contributed by atoms with Gasteiger partial charge in [0.1, 0.15) is 0 Å². The molecule has 1 rings (SSSR count). The number of primary amides is 1. The fourth-order valence-corrected chi connectivity index (χ4v) is 1.27. The Hall–Kier alpha value is -1.03. The fraction of sp³-hybridized carbons (Fsp3) is 0.286. The van der Waals surface area contributed by atoms with Crippen LogP contribution in [0.2, 0.25) is 0 Å². The van der Waals surface area contributed by atoms with Gasteiger partial charge in [-0.1, -0.05) is 0 Å².